The molecule has 7 nitrogen and oxygen atoms in total. The van der Waals surface area contributed by atoms with Gasteiger partial charge in [-0.05, 0) is 44.0 Å². The first-order chi connectivity index (χ1) is 15.1. The van der Waals surface area contributed by atoms with Gasteiger partial charge in [-0.2, -0.15) is 0 Å². The van der Waals surface area contributed by atoms with Crippen molar-refractivity contribution < 1.29 is 20.1 Å². The number of nitrogen functional groups attached to an aromatic ring is 1. The Morgan fingerprint density at radius 3 is 2.31 bits per heavy atom. The number of nitrogens with zero attached hydrogens (tertiary/aromatic N) is 1. The highest BCUT2D eigenvalue weighted by atomic mass is 16.3. The molecule has 0 aliphatic carbocycles. The number of carbonyl (C=O) groups is 1. The van der Waals surface area contributed by atoms with E-state index in [4.69, 9.17) is 11.1 Å². The number of hydrogen-bond donors (Lipinski definition) is 5. The average Bonchev–Trinajstić information content (AvgIpc) is 2.77. The number of phenols is 2. The molecule has 0 saturated heterocycles. The van der Waals surface area contributed by atoms with E-state index in [1.54, 1.807) is 12.3 Å². The molecule has 1 aromatic heterocycles. The van der Waals surface area contributed by atoms with Crippen LogP contribution >= 0.6 is 0 Å². The zero-order valence-electron chi connectivity index (χ0n) is 18.5. The maximum Gasteiger partial charge on any atom is 0.163 e. The minimum Gasteiger partial charge on any atom is -0.508 e. The highest BCUT2D eigenvalue weighted by Gasteiger charge is 2.14. The van der Waals surface area contributed by atoms with Crippen LogP contribution in [0.1, 0.15) is 64.5 Å². The maximum atomic E-state index is 11.1. The van der Waals surface area contributed by atoms with Crippen LogP contribution in [0.5, 0.6) is 11.5 Å². The van der Waals surface area contributed by atoms with Crippen molar-refractivity contribution in [3.8, 4) is 11.5 Å². The van der Waals surface area contributed by atoms with Crippen molar-refractivity contribution in [2.45, 2.75) is 39.7 Å². The Bertz CT molecular complexity index is 1090. The molecule has 0 fully saturated rings. The number of carbonyl (C=O) groups excluding carboxylic acids is 1. The molecule has 7 heteroatoms. The Morgan fingerprint density at radius 1 is 1.09 bits per heavy atom. The lowest BCUT2D eigenvalue weighted by Crippen LogP contribution is -2.12. The van der Waals surface area contributed by atoms with Crippen LogP contribution in [0.3, 0.4) is 0 Å². The molecule has 1 heterocycles. The number of aliphatic hydroxyl groups excluding tert-OH is 1. The number of phenolic OH excluding ortho intramolecular Hbond substituents is 2. The summed E-state index contributed by atoms with van der Waals surface area (Å²) in [6.07, 6.45) is 3.71. The van der Waals surface area contributed by atoms with E-state index in [-0.39, 0.29) is 28.7 Å². The average molecular weight is 436 g/mol. The van der Waals surface area contributed by atoms with Gasteiger partial charge in [0.05, 0.1) is 5.56 Å². The van der Waals surface area contributed by atoms with Crippen LogP contribution in [-0.2, 0) is 6.42 Å². The van der Waals surface area contributed by atoms with E-state index in [1.807, 2.05) is 38.1 Å². The Hall–Kier alpha value is -3.71. The number of Topliss-reactive ketones (excluding diaryl/α,β-unsaturated/α-hetero) is 1. The quantitative estimate of drug-likeness (QED) is 0.225. The highest BCUT2D eigenvalue weighted by Crippen LogP contribution is 2.31. The lowest BCUT2D eigenvalue weighted by molar-refractivity contribution is 0.101. The third-order valence-corrected chi connectivity index (χ3v) is 4.92. The smallest absolute Gasteiger partial charge is 0.163 e. The molecule has 0 amide bonds. The van der Waals surface area contributed by atoms with Crippen molar-refractivity contribution in [1.82, 2.24) is 4.98 Å². The van der Waals surface area contributed by atoms with Gasteiger partial charge in [-0.1, -0.05) is 43.2 Å². The fourth-order valence-corrected chi connectivity index (χ4v) is 3.10. The Kier molecular flexibility index (Phi) is 8.49. The number of aromatic hydroxyl groups is 2. The number of nitrogens with two attached hydrogens (primary N) is 1. The molecule has 2 aromatic carbocycles. The zero-order valence-corrected chi connectivity index (χ0v) is 18.5. The van der Waals surface area contributed by atoms with Gasteiger partial charge in [0.2, 0.25) is 0 Å². The number of aromatic nitrogens is 1. The molecule has 0 bridgehead atoms. The van der Waals surface area contributed by atoms with Gasteiger partial charge < -0.3 is 21.1 Å². The molecule has 168 valence electrons. The topological polar surface area (TPSA) is 141 Å². The van der Waals surface area contributed by atoms with Crippen LogP contribution < -0.4 is 5.73 Å². The third kappa shape index (κ3) is 6.15. The number of hydrogen-bond acceptors (Lipinski definition) is 6. The van der Waals surface area contributed by atoms with Gasteiger partial charge in [0, 0.05) is 29.1 Å². The highest BCUT2D eigenvalue weighted by molar-refractivity contribution is 5.97. The predicted molar refractivity (Wildman–Crippen MR) is 124 cm³/mol. The van der Waals surface area contributed by atoms with Crippen LogP contribution in [-0.4, -0.2) is 31.9 Å². The standard InChI is InChI=1S/C14H15N3O.C11H14O3/c1-9-2-4-10(5-3-9)13(18)11-6-12(14(15)16)8-17-7-11;1-3-4-9-10(13)6-5-8(7(2)12)11(9)14/h2-8,13,18H,1H3,(H3,15,16);5-6,13-14H,3-4H2,1-2H3. The molecule has 32 heavy (non-hydrogen) atoms. The van der Waals surface area contributed by atoms with Crippen molar-refractivity contribution in [3.05, 3.63) is 88.2 Å². The van der Waals surface area contributed by atoms with Crippen molar-refractivity contribution >= 4 is 11.6 Å². The SMILES string of the molecule is CCCc1c(O)ccc(C(C)=O)c1O.Cc1ccc(C(O)c2cncc(C(=N)N)c2)cc1. The van der Waals surface area contributed by atoms with Crippen LogP contribution in [0, 0.1) is 12.3 Å². The minimum atomic E-state index is -0.752. The molecule has 6 N–H and O–H groups in total. The van der Waals surface area contributed by atoms with Gasteiger partial charge in [0.1, 0.15) is 23.4 Å². The third-order valence-electron chi connectivity index (χ3n) is 4.92. The minimum absolute atomic E-state index is 0.0503. The van der Waals surface area contributed by atoms with E-state index in [0.29, 0.717) is 23.1 Å². The predicted octanol–water partition coefficient (Wildman–Crippen LogP) is 4.01. The maximum absolute atomic E-state index is 11.1. The van der Waals surface area contributed by atoms with Gasteiger partial charge in [-0.3, -0.25) is 15.2 Å². The van der Waals surface area contributed by atoms with Crippen molar-refractivity contribution in [2.24, 2.45) is 5.73 Å². The van der Waals surface area contributed by atoms with Gasteiger partial charge in [0.25, 0.3) is 0 Å². The molecular weight excluding hydrogens is 406 g/mol. The second kappa shape index (κ2) is 11.1. The number of amidine groups is 1. The van der Waals surface area contributed by atoms with Crippen molar-refractivity contribution in [1.29, 1.82) is 5.41 Å². The van der Waals surface area contributed by atoms with Crippen LogP contribution in [0.15, 0.2) is 54.9 Å². The second-order valence-electron chi connectivity index (χ2n) is 7.50. The fourth-order valence-electron chi connectivity index (χ4n) is 3.10. The lowest BCUT2D eigenvalue weighted by atomic mass is 10.0. The Morgan fingerprint density at radius 2 is 1.75 bits per heavy atom. The number of rotatable bonds is 6. The number of pyridine rings is 1. The summed E-state index contributed by atoms with van der Waals surface area (Å²) >= 11 is 0. The van der Waals surface area contributed by atoms with Crippen LogP contribution in [0.4, 0.5) is 0 Å². The second-order valence-corrected chi connectivity index (χ2v) is 7.50. The fraction of sp³-hybridized carbons (Fsp3) is 0.240. The summed E-state index contributed by atoms with van der Waals surface area (Å²) in [5.74, 6) is -0.283. The summed E-state index contributed by atoms with van der Waals surface area (Å²) in [6.45, 7) is 5.33. The van der Waals surface area contributed by atoms with E-state index in [0.717, 1.165) is 17.5 Å². The monoisotopic (exact) mass is 435 g/mol. The first-order valence-corrected chi connectivity index (χ1v) is 10.2. The first-order valence-electron chi connectivity index (χ1n) is 10.2. The summed E-state index contributed by atoms with van der Waals surface area (Å²) in [6, 6.07) is 12.2. The zero-order chi connectivity index (χ0) is 23.8. The molecule has 0 saturated carbocycles. The molecule has 0 radical (unpaired) electrons. The van der Waals surface area contributed by atoms with Gasteiger partial charge in [-0.15, -0.1) is 0 Å². The van der Waals surface area contributed by atoms with E-state index >= 15 is 0 Å². The molecule has 1 unspecified atom stereocenters. The molecular formula is C25H29N3O4. The summed E-state index contributed by atoms with van der Waals surface area (Å²) in [7, 11) is 0. The van der Waals surface area contributed by atoms with E-state index in [9.17, 15) is 20.1 Å². The van der Waals surface area contributed by atoms with Crippen LogP contribution in [0.2, 0.25) is 0 Å². The molecule has 3 aromatic rings. The Labute approximate surface area is 187 Å². The van der Waals surface area contributed by atoms with E-state index in [1.165, 1.54) is 25.3 Å². The number of aryl methyl sites for hydroxylation is 1. The summed E-state index contributed by atoms with van der Waals surface area (Å²) in [5, 5.41) is 36.7. The largest absolute Gasteiger partial charge is 0.508 e. The van der Waals surface area contributed by atoms with Crippen molar-refractivity contribution in [2.75, 3.05) is 0 Å². The van der Waals surface area contributed by atoms with Crippen LogP contribution in [0.25, 0.3) is 0 Å². The number of benzene rings is 2. The first kappa shape index (κ1) is 24.6. The van der Waals surface area contributed by atoms with Gasteiger partial charge in [0.15, 0.2) is 5.78 Å². The number of ketones is 1. The van der Waals surface area contributed by atoms with Gasteiger partial charge in [-0.25, -0.2) is 0 Å². The normalized spacial score (nSPS) is 11.2. The van der Waals surface area contributed by atoms with Gasteiger partial charge >= 0.3 is 0 Å². The Balaban J connectivity index is 0.000000235. The van der Waals surface area contributed by atoms with Crippen molar-refractivity contribution in [3.63, 3.8) is 0 Å². The molecule has 3 rings (SSSR count). The lowest BCUT2D eigenvalue weighted by Gasteiger charge is -2.12. The summed E-state index contributed by atoms with van der Waals surface area (Å²) in [4.78, 5) is 15.1. The molecule has 0 aliphatic rings. The summed E-state index contributed by atoms with van der Waals surface area (Å²) < 4.78 is 0. The van der Waals surface area contributed by atoms with E-state index in [2.05, 4.69) is 4.98 Å². The number of nitrogens with one attached hydrogen (secondary N) is 1. The van der Waals surface area contributed by atoms with E-state index < -0.39 is 6.10 Å². The number of aliphatic hydroxyl groups is 1. The molecule has 0 aliphatic heterocycles. The molecule has 0 spiro atoms. The molecule has 1 atom stereocenters. The summed E-state index contributed by atoms with van der Waals surface area (Å²) in [5.41, 5.74) is 9.21.